The fourth-order valence-corrected chi connectivity index (χ4v) is 2.80. The van der Waals surface area contributed by atoms with Gasteiger partial charge in [0.05, 0.1) is 19.3 Å². The molecule has 2 N–H and O–H groups in total. The lowest BCUT2D eigenvalue weighted by molar-refractivity contribution is -0.142. The highest BCUT2D eigenvalue weighted by Crippen LogP contribution is 2.20. The minimum atomic E-state index is -0.972. The van der Waals surface area contributed by atoms with E-state index in [-0.39, 0.29) is 19.1 Å². The van der Waals surface area contributed by atoms with Gasteiger partial charge in [0.25, 0.3) is 0 Å². The largest absolute Gasteiger partial charge is 0.481 e. The maximum Gasteiger partial charge on any atom is 0.318 e. The van der Waals surface area contributed by atoms with Crippen LogP contribution in [0.3, 0.4) is 0 Å². The zero-order chi connectivity index (χ0) is 15.6. The number of carbonyl (C=O) groups is 3. The van der Waals surface area contributed by atoms with Crippen molar-refractivity contribution >= 4 is 17.9 Å². The van der Waals surface area contributed by atoms with Crippen LogP contribution in [0.1, 0.15) is 13.3 Å². The Kier molecular flexibility index (Phi) is 4.66. The highest BCUT2D eigenvalue weighted by molar-refractivity contribution is 5.88. The second-order valence-electron chi connectivity index (χ2n) is 5.39. The van der Waals surface area contributed by atoms with Crippen molar-refractivity contribution < 1.29 is 24.2 Å². The lowest BCUT2D eigenvalue weighted by Gasteiger charge is -2.30. The van der Waals surface area contributed by atoms with Gasteiger partial charge in [0.15, 0.2) is 0 Å². The van der Waals surface area contributed by atoms with Crippen LogP contribution in [-0.4, -0.2) is 78.2 Å². The topological polar surface area (TPSA) is 99.2 Å². The van der Waals surface area contributed by atoms with Crippen LogP contribution in [-0.2, 0) is 14.3 Å². The summed E-state index contributed by atoms with van der Waals surface area (Å²) in [5, 5.41) is 11.9. The number of aliphatic carboxylic acids is 1. The smallest absolute Gasteiger partial charge is 0.318 e. The summed E-state index contributed by atoms with van der Waals surface area (Å²) in [7, 11) is 1.69. The molecule has 0 aromatic heterocycles. The number of nitrogens with one attached hydrogen (secondary N) is 1. The van der Waals surface area contributed by atoms with E-state index in [0.29, 0.717) is 19.5 Å². The van der Waals surface area contributed by atoms with E-state index in [9.17, 15) is 19.5 Å². The Morgan fingerprint density at radius 3 is 2.71 bits per heavy atom. The van der Waals surface area contributed by atoms with Crippen LogP contribution in [0.25, 0.3) is 0 Å². The molecule has 2 aliphatic rings. The maximum atomic E-state index is 12.3. The number of nitrogens with zero attached hydrogens (tertiary/aromatic N) is 2. The molecule has 2 fully saturated rings. The van der Waals surface area contributed by atoms with E-state index in [0.717, 1.165) is 0 Å². The van der Waals surface area contributed by atoms with Gasteiger partial charge in [-0.1, -0.05) is 0 Å². The third-order valence-electron chi connectivity index (χ3n) is 4.09. The summed E-state index contributed by atoms with van der Waals surface area (Å²) in [5.41, 5.74) is 0. The number of rotatable bonds is 4. The van der Waals surface area contributed by atoms with Crippen molar-refractivity contribution in [2.24, 2.45) is 5.92 Å². The first kappa shape index (κ1) is 15.6. The van der Waals surface area contributed by atoms with Crippen molar-refractivity contribution in [1.82, 2.24) is 15.1 Å². The molecule has 0 radical (unpaired) electrons. The van der Waals surface area contributed by atoms with Crippen molar-refractivity contribution in [2.45, 2.75) is 25.4 Å². The molecule has 3 amide bonds. The standard InChI is InChI=1S/C13H21N3O5/c1-3-16(10-7-21-6-8(10)12(18)19)13(20)14-9-4-5-15(2)11(9)17/h8-10H,3-7H2,1-2H3,(H,14,20)(H,18,19). The normalized spacial score (nSPS) is 28.8. The number of hydrogen-bond acceptors (Lipinski definition) is 4. The highest BCUT2D eigenvalue weighted by atomic mass is 16.5. The molecule has 118 valence electrons. The number of hydrogen-bond donors (Lipinski definition) is 2. The Morgan fingerprint density at radius 2 is 2.19 bits per heavy atom. The van der Waals surface area contributed by atoms with Gasteiger partial charge in [-0.3, -0.25) is 9.59 Å². The maximum absolute atomic E-state index is 12.3. The van der Waals surface area contributed by atoms with Gasteiger partial charge in [0, 0.05) is 20.1 Å². The molecule has 0 spiro atoms. The molecule has 2 aliphatic heterocycles. The highest BCUT2D eigenvalue weighted by Gasteiger charge is 2.40. The Labute approximate surface area is 123 Å². The SMILES string of the molecule is CCN(C(=O)NC1CCN(C)C1=O)C1COCC1C(=O)O. The number of carboxylic acids is 1. The molecule has 2 rings (SSSR count). The average molecular weight is 299 g/mol. The van der Waals surface area contributed by atoms with Gasteiger partial charge in [-0.05, 0) is 13.3 Å². The number of carboxylic acid groups (broad SMARTS) is 1. The molecule has 0 aromatic carbocycles. The molecular weight excluding hydrogens is 278 g/mol. The number of carbonyl (C=O) groups excluding carboxylic acids is 2. The fourth-order valence-electron chi connectivity index (χ4n) is 2.80. The zero-order valence-electron chi connectivity index (χ0n) is 12.2. The van der Waals surface area contributed by atoms with Crippen molar-refractivity contribution in [3.63, 3.8) is 0 Å². The number of likely N-dealkylation sites (tertiary alicyclic amines) is 1. The molecule has 8 nitrogen and oxygen atoms in total. The van der Waals surface area contributed by atoms with Gasteiger partial charge in [-0.25, -0.2) is 4.79 Å². The second-order valence-corrected chi connectivity index (χ2v) is 5.39. The number of likely N-dealkylation sites (N-methyl/N-ethyl adjacent to an activating group) is 2. The molecule has 3 atom stereocenters. The van der Waals surface area contributed by atoms with Crippen molar-refractivity contribution in [3.05, 3.63) is 0 Å². The number of urea groups is 1. The van der Waals surface area contributed by atoms with Gasteiger partial charge in [0.2, 0.25) is 5.91 Å². The first-order valence-corrected chi connectivity index (χ1v) is 7.08. The van der Waals surface area contributed by atoms with E-state index < -0.39 is 30.0 Å². The van der Waals surface area contributed by atoms with E-state index in [4.69, 9.17) is 4.74 Å². The van der Waals surface area contributed by atoms with Crippen molar-refractivity contribution in [1.29, 1.82) is 0 Å². The minimum absolute atomic E-state index is 0.106. The average Bonchev–Trinajstić information content (AvgIpc) is 3.02. The lowest BCUT2D eigenvalue weighted by Crippen LogP contribution is -2.53. The predicted octanol–water partition coefficient (Wildman–Crippen LogP) is -0.652. The third kappa shape index (κ3) is 3.10. The van der Waals surface area contributed by atoms with E-state index in [1.54, 1.807) is 18.9 Å². The van der Waals surface area contributed by atoms with E-state index in [1.165, 1.54) is 4.90 Å². The van der Waals surface area contributed by atoms with Gasteiger partial charge in [-0.15, -0.1) is 0 Å². The fraction of sp³-hybridized carbons (Fsp3) is 0.769. The molecule has 0 aliphatic carbocycles. The Morgan fingerprint density at radius 1 is 1.48 bits per heavy atom. The molecule has 8 heteroatoms. The Hall–Kier alpha value is -1.83. The van der Waals surface area contributed by atoms with E-state index in [2.05, 4.69) is 5.32 Å². The van der Waals surface area contributed by atoms with Crippen molar-refractivity contribution in [2.75, 3.05) is 33.4 Å². The summed E-state index contributed by atoms with van der Waals surface area (Å²) in [6.07, 6.45) is 0.572. The molecule has 0 saturated carbocycles. The monoisotopic (exact) mass is 299 g/mol. The summed E-state index contributed by atoms with van der Waals surface area (Å²) in [6.45, 7) is 3.06. The molecular formula is C13H21N3O5. The second kappa shape index (κ2) is 6.30. The van der Waals surface area contributed by atoms with Crippen LogP contribution in [0.2, 0.25) is 0 Å². The summed E-state index contributed by atoms with van der Waals surface area (Å²) in [4.78, 5) is 38.4. The predicted molar refractivity (Wildman–Crippen MR) is 72.7 cm³/mol. The van der Waals surface area contributed by atoms with Crippen LogP contribution in [0.15, 0.2) is 0 Å². The zero-order valence-corrected chi connectivity index (χ0v) is 12.2. The molecule has 0 bridgehead atoms. The van der Waals surface area contributed by atoms with Crippen LogP contribution >= 0.6 is 0 Å². The van der Waals surface area contributed by atoms with Gasteiger partial charge < -0.3 is 25.0 Å². The first-order chi connectivity index (χ1) is 9.95. The number of ether oxygens (including phenoxy) is 1. The van der Waals surface area contributed by atoms with E-state index >= 15 is 0 Å². The first-order valence-electron chi connectivity index (χ1n) is 7.08. The van der Waals surface area contributed by atoms with E-state index in [1.807, 2.05) is 0 Å². The van der Waals surface area contributed by atoms with Gasteiger partial charge >= 0.3 is 12.0 Å². The molecule has 2 heterocycles. The summed E-state index contributed by atoms with van der Waals surface area (Å²) >= 11 is 0. The number of amides is 3. The Balaban J connectivity index is 2.02. The van der Waals surface area contributed by atoms with Crippen LogP contribution < -0.4 is 5.32 Å². The lowest BCUT2D eigenvalue weighted by atomic mass is 10.0. The van der Waals surface area contributed by atoms with Crippen LogP contribution in [0.4, 0.5) is 4.79 Å². The van der Waals surface area contributed by atoms with Gasteiger partial charge in [-0.2, -0.15) is 0 Å². The van der Waals surface area contributed by atoms with Crippen LogP contribution in [0, 0.1) is 5.92 Å². The molecule has 0 aromatic rings. The quantitative estimate of drug-likeness (QED) is 0.718. The summed E-state index contributed by atoms with van der Waals surface area (Å²) < 4.78 is 5.19. The summed E-state index contributed by atoms with van der Waals surface area (Å²) in [6, 6.07) is -1.43. The third-order valence-corrected chi connectivity index (χ3v) is 4.09. The molecule has 21 heavy (non-hydrogen) atoms. The molecule has 3 unspecified atom stereocenters. The summed E-state index contributed by atoms with van der Waals surface area (Å²) in [5.74, 6) is -1.81. The van der Waals surface area contributed by atoms with Gasteiger partial charge in [0.1, 0.15) is 12.0 Å². The van der Waals surface area contributed by atoms with Crippen molar-refractivity contribution in [3.8, 4) is 0 Å². The van der Waals surface area contributed by atoms with Crippen LogP contribution in [0.5, 0.6) is 0 Å². The molecule has 2 saturated heterocycles. The Bertz CT molecular complexity index is 442. The minimum Gasteiger partial charge on any atom is -0.481 e.